The number of likely N-dealkylation sites (tertiary alicyclic amines) is 1. The molecule has 0 amide bonds. The van der Waals surface area contributed by atoms with Gasteiger partial charge < -0.3 is 4.90 Å². The molecule has 10 heavy (non-hydrogen) atoms. The van der Waals surface area contributed by atoms with Gasteiger partial charge in [0.15, 0.2) is 0 Å². The smallest absolute Gasteiger partial charge is 0.140 e. The van der Waals surface area contributed by atoms with Crippen LogP contribution < -0.4 is 0 Å². The molecule has 5 heteroatoms. The third-order valence-corrected chi connectivity index (χ3v) is 7.65. The number of hydrogen-bond acceptors (Lipinski definition) is 2. The zero-order valence-electron chi connectivity index (χ0n) is 5.75. The van der Waals surface area contributed by atoms with E-state index in [2.05, 4.69) is 53.2 Å². The summed E-state index contributed by atoms with van der Waals surface area (Å²) < 4.78 is 1.31. The van der Waals surface area contributed by atoms with Crippen molar-refractivity contribution in [1.82, 2.24) is 4.90 Å². The number of hydrogen-bond donors (Lipinski definition) is 0. The summed E-state index contributed by atoms with van der Waals surface area (Å²) in [5, 5.41) is 0.845. The van der Waals surface area contributed by atoms with Crippen LogP contribution in [-0.4, -0.2) is 34.7 Å². The van der Waals surface area contributed by atoms with Crippen LogP contribution in [0.25, 0.3) is 0 Å². The zero-order chi connectivity index (χ0) is 7.14. The number of alkyl halides is 1. The maximum Gasteiger partial charge on any atom is 0.140 e. The van der Waals surface area contributed by atoms with E-state index in [1.165, 1.54) is 4.17 Å². The zero-order valence-corrected chi connectivity index (χ0v) is 9.72. The first-order chi connectivity index (χ1) is 4.84. The highest BCUT2D eigenvalue weighted by Crippen LogP contribution is 2.57. The van der Waals surface area contributed by atoms with Crippen molar-refractivity contribution >= 4 is 49.0 Å². The molecule has 0 aliphatic carbocycles. The molecule has 1 radical (unpaired) electrons. The molecule has 2 rings (SSSR count). The summed E-state index contributed by atoms with van der Waals surface area (Å²) in [5.41, 5.74) is 0. The number of halogens is 1. The second-order valence-electron chi connectivity index (χ2n) is 2.71. The van der Waals surface area contributed by atoms with E-state index in [1.54, 1.807) is 0 Å². The molecule has 0 N–H and O–H groups in total. The third kappa shape index (κ3) is 1.25. The Bertz CT molecular complexity index is 150. The summed E-state index contributed by atoms with van der Waals surface area (Å²) in [6.45, 7) is 0. The second-order valence-corrected chi connectivity index (χ2v) is 7.85. The van der Waals surface area contributed by atoms with Crippen molar-refractivity contribution in [3.05, 3.63) is 0 Å². The average molecular weight is 284 g/mol. The Kier molecular flexibility index (Phi) is 2.54. The third-order valence-electron chi connectivity index (χ3n) is 2.13. The number of rotatable bonds is 3. The van der Waals surface area contributed by atoms with Gasteiger partial charge in [-0.15, -0.1) is 11.4 Å². The Labute approximate surface area is 82.0 Å². The Morgan fingerprint density at radius 2 is 2.60 bits per heavy atom. The first-order valence-electron chi connectivity index (χ1n) is 3.36. The first kappa shape index (κ1) is 8.15. The normalized spacial score (nSPS) is 44.8. The van der Waals surface area contributed by atoms with Gasteiger partial charge >= 0.3 is 0 Å². The largest absolute Gasteiger partial charge is 0.300 e. The molecule has 0 aromatic carbocycles. The van der Waals surface area contributed by atoms with E-state index in [-0.39, 0.29) is 0 Å². The van der Waals surface area contributed by atoms with Crippen LogP contribution in [0.2, 0.25) is 5.82 Å². The highest BCUT2D eigenvalue weighted by atomic mass is 127. The number of nitrogens with zero attached hydrogens (tertiary/aromatic N) is 1. The number of fused-ring (bicyclic) bond motifs is 1. The molecule has 0 aromatic heterocycles. The van der Waals surface area contributed by atoms with Crippen LogP contribution in [0.4, 0.5) is 0 Å². The Morgan fingerprint density at radius 1 is 1.80 bits per heavy atom. The molecule has 2 heterocycles. The second kappa shape index (κ2) is 3.12. The highest BCUT2D eigenvalue weighted by Gasteiger charge is 2.58. The molecule has 0 spiro atoms. The fourth-order valence-electron chi connectivity index (χ4n) is 1.45. The van der Waals surface area contributed by atoms with E-state index >= 15 is 0 Å². The van der Waals surface area contributed by atoms with Gasteiger partial charge in [-0.05, 0) is 26.6 Å². The minimum atomic E-state index is 0.845. The topological polar surface area (TPSA) is 3.24 Å². The van der Waals surface area contributed by atoms with Gasteiger partial charge in [-0.3, -0.25) is 0 Å². The van der Waals surface area contributed by atoms with Gasteiger partial charge in [0.25, 0.3) is 0 Å². The SMILES string of the molecule is CN1C2[B]C2C1SPCI. The molecular weight excluding hydrogens is 275 g/mol. The Hall–Kier alpha value is 1.53. The van der Waals surface area contributed by atoms with Gasteiger partial charge in [-0.1, -0.05) is 22.6 Å². The van der Waals surface area contributed by atoms with E-state index in [4.69, 9.17) is 0 Å². The maximum atomic E-state index is 2.48. The summed E-state index contributed by atoms with van der Waals surface area (Å²) in [6.07, 6.45) is 0. The van der Waals surface area contributed by atoms with E-state index < -0.39 is 0 Å². The molecular formula is C5H9BINPS. The van der Waals surface area contributed by atoms with Gasteiger partial charge in [-0.25, -0.2) is 0 Å². The molecule has 4 atom stereocenters. The van der Waals surface area contributed by atoms with Gasteiger partial charge in [0, 0.05) is 4.17 Å². The molecule has 2 fully saturated rings. The van der Waals surface area contributed by atoms with E-state index in [9.17, 15) is 0 Å². The molecule has 2 saturated heterocycles. The highest BCUT2D eigenvalue weighted by molar-refractivity contribution is 14.1. The lowest BCUT2D eigenvalue weighted by atomic mass is 10.0. The van der Waals surface area contributed by atoms with E-state index in [0.29, 0.717) is 0 Å². The van der Waals surface area contributed by atoms with Crippen LogP contribution in [0.5, 0.6) is 0 Å². The van der Waals surface area contributed by atoms with Gasteiger partial charge in [0.2, 0.25) is 0 Å². The van der Waals surface area contributed by atoms with Crippen molar-refractivity contribution in [2.45, 2.75) is 17.1 Å². The van der Waals surface area contributed by atoms with Crippen LogP contribution in [0.3, 0.4) is 0 Å². The molecule has 2 aliphatic rings. The summed E-state index contributed by atoms with van der Waals surface area (Å²) in [4.78, 5) is 2.48. The predicted octanol–water partition coefficient (Wildman–Crippen LogP) is 1.81. The standard InChI is InChI=1S/C5H9BINPS/c1-8-4-3(6-4)5(8)10-9-2-7/h3-5,9H,2H2,1H3. The van der Waals surface area contributed by atoms with Crippen LogP contribution in [0.15, 0.2) is 0 Å². The van der Waals surface area contributed by atoms with Gasteiger partial charge in [-0.2, -0.15) is 0 Å². The molecule has 0 bridgehead atoms. The van der Waals surface area contributed by atoms with Gasteiger partial charge in [0.1, 0.15) is 7.28 Å². The van der Waals surface area contributed by atoms with Crippen LogP contribution in [-0.2, 0) is 0 Å². The first-order valence-corrected chi connectivity index (χ1v) is 7.69. The van der Waals surface area contributed by atoms with Crippen molar-refractivity contribution in [3.8, 4) is 0 Å². The summed E-state index contributed by atoms with van der Waals surface area (Å²) in [6, 6.07) is 0. The monoisotopic (exact) mass is 284 g/mol. The Morgan fingerprint density at radius 3 is 3.10 bits per heavy atom. The fraction of sp³-hybridized carbons (Fsp3) is 1.00. The van der Waals surface area contributed by atoms with E-state index in [1.807, 2.05) is 0 Å². The minimum Gasteiger partial charge on any atom is -0.300 e. The van der Waals surface area contributed by atoms with Gasteiger partial charge in [0.05, 0.1) is 5.37 Å². The lowest BCUT2D eigenvalue weighted by molar-refractivity contribution is 0.219. The lowest BCUT2D eigenvalue weighted by Gasteiger charge is -2.37. The summed E-state index contributed by atoms with van der Waals surface area (Å²) in [7, 11) is 5.78. The van der Waals surface area contributed by atoms with Crippen LogP contribution >= 0.6 is 41.8 Å². The van der Waals surface area contributed by atoms with Crippen molar-refractivity contribution in [2.75, 3.05) is 11.2 Å². The maximum absolute atomic E-state index is 2.48. The molecule has 4 unspecified atom stereocenters. The molecule has 2 aliphatic heterocycles. The van der Waals surface area contributed by atoms with Crippen LogP contribution in [0, 0.1) is 0 Å². The summed E-state index contributed by atoms with van der Waals surface area (Å²) >= 11 is 4.59. The minimum absolute atomic E-state index is 0.845. The lowest BCUT2D eigenvalue weighted by Crippen LogP contribution is -2.40. The molecule has 0 aromatic rings. The average Bonchev–Trinajstić information content (AvgIpc) is 2.64. The van der Waals surface area contributed by atoms with Crippen LogP contribution in [0.1, 0.15) is 0 Å². The fourth-order valence-corrected chi connectivity index (χ4v) is 5.69. The summed E-state index contributed by atoms with van der Waals surface area (Å²) in [5.74, 6) is 1.84. The van der Waals surface area contributed by atoms with Crippen molar-refractivity contribution in [2.24, 2.45) is 0 Å². The van der Waals surface area contributed by atoms with Crippen molar-refractivity contribution in [1.29, 1.82) is 0 Å². The predicted molar refractivity (Wildman–Crippen MR) is 59.6 cm³/mol. The van der Waals surface area contributed by atoms with Crippen molar-refractivity contribution < 1.29 is 0 Å². The quantitative estimate of drug-likeness (QED) is 0.336. The van der Waals surface area contributed by atoms with E-state index in [0.717, 1.165) is 24.9 Å². The molecule has 0 saturated carbocycles. The molecule has 1 nitrogen and oxygen atoms in total. The Balaban J connectivity index is 1.74. The van der Waals surface area contributed by atoms with Crippen molar-refractivity contribution in [3.63, 3.8) is 0 Å². The molecule has 55 valence electrons.